The number of aromatic nitrogens is 6. The van der Waals surface area contributed by atoms with Gasteiger partial charge in [-0.25, -0.2) is 22.0 Å². The van der Waals surface area contributed by atoms with Crippen LogP contribution in [0.3, 0.4) is 0 Å². The number of nitrogens with zero attached hydrogens (tertiary/aromatic N) is 5. The number of primary sulfonamides is 1. The van der Waals surface area contributed by atoms with Crippen LogP contribution in [0.15, 0.2) is 40.1 Å². The molecule has 0 unspecified atom stereocenters. The third-order valence-electron chi connectivity index (χ3n) is 4.74. The predicted molar refractivity (Wildman–Crippen MR) is 117 cm³/mol. The molecule has 0 aliphatic carbocycles. The molecule has 1 atom stereocenters. The summed E-state index contributed by atoms with van der Waals surface area (Å²) in [5.41, 5.74) is 12.5. The minimum absolute atomic E-state index is 0.00224. The predicted octanol–water partition coefficient (Wildman–Crippen LogP) is -1.64. The number of hydrogen-bond acceptors (Lipinski definition) is 11. The number of imidazole rings is 1. The first kappa shape index (κ1) is 22.7. The van der Waals surface area contributed by atoms with Crippen LogP contribution in [0, 0.1) is 0 Å². The van der Waals surface area contributed by atoms with Crippen LogP contribution in [0.25, 0.3) is 33.5 Å². The number of aliphatic hydroxyl groups is 1. The van der Waals surface area contributed by atoms with Crippen molar-refractivity contribution >= 4 is 36.8 Å². The Bertz CT molecular complexity index is 1550. The van der Waals surface area contributed by atoms with E-state index in [-0.39, 0.29) is 22.9 Å². The molecule has 4 rings (SSSR count). The molecule has 0 radical (unpaired) electrons. The van der Waals surface area contributed by atoms with Crippen molar-refractivity contribution in [1.29, 1.82) is 0 Å². The first-order valence-corrected chi connectivity index (χ1v) is 12.4. The zero-order chi connectivity index (χ0) is 24.0. The molecule has 0 amide bonds. The second kappa shape index (κ2) is 8.16. The van der Waals surface area contributed by atoms with Gasteiger partial charge in [0, 0.05) is 23.0 Å². The van der Waals surface area contributed by atoms with Gasteiger partial charge in [-0.2, -0.15) is 5.21 Å². The monoisotopic (exact) mass is 492 g/mol. The minimum atomic E-state index is -4.66. The number of sulfone groups is 1. The fourth-order valence-corrected chi connectivity index (χ4v) is 6.52. The summed E-state index contributed by atoms with van der Waals surface area (Å²) in [6.45, 7) is -0.626. The van der Waals surface area contributed by atoms with E-state index < -0.39 is 48.1 Å². The van der Waals surface area contributed by atoms with Gasteiger partial charge in [0.15, 0.2) is 9.84 Å². The molecule has 16 heteroatoms. The molecule has 2 aromatic heterocycles. The number of nitrogen functional groups attached to an aromatic ring is 1. The highest BCUT2D eigenvalue weighted by Crippen LogP contribution is 2.40. The van der Waals surface area contributed by atoms with Gasteiger partial charge in [0.05, 0.1) is 22.8 Å². The molecular weight excluding hydrogens is 474 g/mol. The van der Waals surface area contributed by atoms with E-state index in [1.807, 2.05) is 0 Å². The Hall–Kier alpha value is -3.44. The van der Waals surface area contributed by atoms with Crippen molar-refractivity contribution in [3.63, 3.8) is 0 Å². The Labute approximate surface area is 187 Å². The standard InChI is InChI=1S/C17H18N9O5S2/c18-8(6-27)7-32(28,29)12-5-4-9(10-2-1-3-11-14(10)22-17(19)21-11)13(15(12)33(20,30)31)16-23-25-26-24-16/h1-5,8,27H,6-7,18H2,(H5-,19,20,21,22,23,24,25,26,30,31)/q-1/t8-/m0/s1. The largest absolute Gasteiger partial charge is 0.453 e. The normalized spacial score (nSPS) is 13.4. The van der Waals surface area contributed by atoms with Gasteiger partial charge in [0.2, 0.25) is 15.8 Å². The highest BCUT2D eigenvalue weighted by molar-refractivity contribution is 7.93. The molecule has 33 heavy (non-hydrogen) atoms. The number of anilines is 1. The van der Waals surface area contributed by atoms with Crippen LogP contribution in [0.2, 0.25) is 0 Å². The summed E-state index contributed by atoms with van der Waals surface area (Å²) in [5, 5.41) is 28.0. The molecule has 174 valence electrons. The molecule has 8 N–H and O–H groups in total. The number of H-pyrrole nitrogens is 1. The van der Waals surface area contributed by atoms with Gasteiger partial charge >= 0.3 is 0 Å². The Morgan fingerprint density at radius 1 is 1.12 bits per heavy atom. The van der Waals surface area contributed by atoms with Gasteiger partial charge < -0.3 is 26.5 Å². The number of sulfonamides is 1. The van der Waals surface area contributed by atoms with Crippen molar-refractivity contribution in [2.75, 3.05) is 18.1 Å². The first-order valence-electron chi connectivity index (χ1n) is 9.25. The molecule has 0 bridgehead atoms. The van der Waals surface area contributed by atoms with Gasteiger partial charge in [-0.05, 0) is 22.4 Å². The number of hydrogen-bond donors (Lipinski definition) is 5. The number of nitrogens with two attached hydrogens (primary N) is 3. The second-order valence-electron chi connectivity index (χ2n) is 7.07. The Morgan fingerprint density at radius 2 is 1.88 bits per heavy atom. The topological polar surface area (TPSA) is 248 Å². The molecule has 0 aliphatic rings. The SMILES string of the molecule is Nc1nc2cccc(-c3ccc(S(=O)(=O)C[C@@H](N)CO)c(S(N)(=O)=O)c3-c3nn[nH]n3)c2[n-]1. The van der Waals surface area contributed by atoms with Crippen LogP contribution in [0.1, 0.15) is 0 Å². The molecule has 0 aliphatic heterocycles. The fraction of sp³-hybridized carbons (Fsp3) is 0.176. The lowest BCUT2D eigenvalue weighted by Crippen LogP contribution is -2.33. The van der Waals surface area contributed by atoms with Gasteiger partial charge in [0.1, 0.15) is 4.90 Å². The number of aromatic amines is 1. The third kappa shape index (κ3) is 4.16. The Kier molecular flexibility index (Phi) is 5.62. The Balaban J connectivity index is 2.13. The molecule has 0 spiro atoms. The lowest BCUT2D eigenvalue weighted by molar-refractivity contribution is 0.274. The van der Waals surface area contributed by atoms with E-state index in [0.29, 0.717) is 16.6 Å². The average Bonchev–Trinajstić information content (AvgIpc) is 3.40. The second-order valence-corrected chi connectivity index (χ2v) is 10.6. The van der Waals surface area contributed by atoms with Crippen molar-refractivity contribution in [2.45, 2.75) is 15.8 Å². The molecule has 2 heterocycles. The number of tetrazole rings is 1. The van der Waals surface area contributed by atoms with Crippen molar-refractivity contribution in [1.82, 2.24) is 30.6 Å². The van der Waals surface area contributed by atoms with E-state index in [9.17, 15) is 21.9 Å². The van der Waals surface area contributed by atoms with Gasteiger partial charge in [-0.1, -0.05) is 24.3 Å². The van der Waals surface area contributed by atoms with Gasteiger partial charge in [-0.15, -0.1) is 10.2 Å². The van der Waals surface area contributed by atoms with E-state index in [4.69, 9.17) is 16.6 Å². The number of rotatable bonds is 7. The van der Waals surface area contributed by atoms with Gasteiger partial charge in [0.25, 0.3) is 0 Å². The van der Waals surface area contributed by atoms with Crippen LogP contribution in [-0.4, -0.2) is 66.0 Å². The van der Waals surface area contributed by atoms with Crippen molar-refractivity contribution in [3.8, 4) is 22.5 Å². The maximum atomic E-state index is 13.0. The maximum Gasteiger partial charge on any atom is 0.240 e. The summed E-state index contributed by atoms with van der Waals surface area (Å²) in [7, 11) is -8.97. The molecule has 0 fully saturated rings. The lowest BCUT2D eigenvalue weighted by Gasteiger charge is -2.18. The molecule has 2 aromatic carbocycles. The lowest BCUT2D eigenvalue weighted by atomic mass is 9.98. The molecule has 0 saturated carbocycles. The first-order chi connectivity index (χ1) is 15.5. The summed E-state index contributed by atoms with van der Waals surface area (Å²) in [6.07, 6.45) is 0. The smallest absolute Gasteiger partial charge is 0.240 e. The van der Waals surface area contributed by atoms with E-state index in [0.717, 1.165) is 6.07 Å². The summed E-state index contributed by atoms with van der Waals surface area (Å²) in [5.74, 6) is -0.943. The van der Waals surface area contributed by atoms with Crippen LogP contribution in [-0.2, 0) is 19.9 Å². The zero-order valence-electron chi connectivity index (χ0n) is 16.7. The Morgan fingerprint density at radius 3 is 2.52 bits per heavy atom. The quantitative estimate of drug-likeness (QED) is 0.195. The van der Waals surface area contributed by atoms with Crippen LogP contribution >= 0.6 is 0 Å². The molecule has 14 nitrogen and oxygen atoms in total. The number of fused-ring (bicyclic) bond motifs is 1. The third-order valence-corrected chi connectivity index (χ3v) is 7.74. The van der Waals surface area contributed by atoms with E-state index in [1.165, 1.54) is 6.07 Å². The number of aliphatic hydroxyl groups excluding tert-OH is 1. The number of benzene rings is 2. The highest BCUT2D eigenvalue weighted by atomic mass is 32.2. The van der Waals surface area contributed by atoms with Crippen LogP contribution in [0.4, 0.5) is 5.95 Å². The minimum Gasteiger partial charge on any atom is -0.453 e. The summed E-state index contributed by atoms with van der Waals surface area (Å²) in [4.78, 5) is 6.93. The van der Waals surface area contributed by atoms with Crippen molar-refractivity contribution < 1.29 is 21.9 Å². The fourth-order valence-electron chi connectivity index (χ4n) is 3.45. The van der Waals surface area contributed by atoms with Crippen LogP contribution < -0.4 is 21.6 Å². The summed E-state index contributed by atoms with van der Waals surface area (Å²) in [6, 6.07) is 6.25. The van der Waals surface area contributed by atoms with E-state index in [2.05, 4.69) is 30.6 Å². The van der Waals surface area contributed by atoms with Crippen molar-refractivity contribution in [2.24, 2.45) is 10.9 Å². The molecule has 4 aromatic rings. The average molecular weight is 493 g/mol. The van der Waals surface area contributed by atoms with Crippen molar-refractivity contribution in [3.05, 3.63) is 30.3 Å². The van der Waals surface area contributed by atoms with Gasteiger partial charge in [-0.3, -0.25) is 0 Å². The number of para-hydroxylation sites is 1. The highest BCUT2D eigenvalue weighted by Gasteiger charge is 2.33. The summed E-state index contributed by atoms with van der Waals surface area (Å²) >= 11 is 0. The maximum absolute atomic E-state index is 13.0. The van der Waals surface area contributed by atoms with E-state index >= 15 is 0 Å². The molecule has 0 saturated heterocycles. The van der Waals surface area contributed by atoms with Crippen LogP contribution in [0.5, 0.6) is 0 Å². The number of nitrogens with one attached hydrogen (secondary N) is 1. The van der Waals surface area contributed by atoms with E-state index in [1.54, 1.807) is 18.2 Å². The molecular formula is C17H18N9O5S2-. The zero-order valence-corrected chi connectivity index (χ0v) is 18.4. The summed E-state index contributed by atoms with van der Waals surface area (Å²) < 4.78 is 51.5.